The fourth-order valence-electron chi connectivity index (χ4n) is 2.20. The van der Waals surface area contributed by atoms with Crippen molar-refractivity contribution in [3.05, 3.63) is 35.0 Å². The summed E-state index contributed by atoms with van der Waals surface area (Å²) in [6.07, 6.45) is 0. The molecule has 4 heteroatoms. The number of hydrogen-bond donors (Lipinski definition) is 0. The van der Waals surface area contributed by atoms with Crippen LogP contribution in [0.4, 0.5) is 0 Å². The zero-order chi connectivity index (χ0) is 14.2. The maximum atomic E-state index is 12.0. The average Bonchev–Trinajstić information content (AvgIpc) is 2.61. The Morgan fingerprint density at radius 1 is 1.32 bits per heavy atom. The minimum Gasteiger partial charge on any atom is -0.464 e. The molecule has 0 unspecified atom stereocenters. The molecule has 1 aromatic carbocycles. The third kappa shape index (κ3) is 2.61. The van der Waals surface area contributed by atoms with Gasteiger partial charge >= 0.3 is 5.97 Å². The molecule has 0 bridgehead atoms. The molecule has 3 nitrogen and oxygen atoms in total. The van der Waals surface area contributed by atoms with E-state index in [0.717, 1.165) is 10.9 Å². The summed E-state index contributed by atoms with van der Waals surface area (Å²) < 4.78 is 6.81. The van der Waals surface area contributed by atoms with E-state index >= 15 is 0 Å². The number of methoxy groups -OCH3 is 1. The lowest BCUT2D eigenvalue weighted by Gasteiger charge is -2.21. The van der Waals surface area contributed by atoms with Gasteiger partial charge in [0.1, 0.15) is 5.69 Å². The van der Waals surface area contributed by atoms with Gasteiger partial charge in [-0.2, -0.15) is 0 Å². The molecule has 0 atom stereocenters. The number of benzene rings is 1. The highest BCUT2D eigenvalue weighted by atomic mass is 35.5. The van der Waals surface area contributed by atoms with Gasteiger partial charge < -0.3 is 9.30 Å². The van der Waals surface area contributed by atoms with Gasteiger partial charge in [0.25, 0.3) is 0 Å². The monoisotopic (exact) mass is 279 g/mol. The fraction of sp³-hybridized carbons (Fsp3) is 0.400. The van der Waals surface area contributed by atoms with Gasteiger partial charge in [-0.25, -0.2) is 4.79 Å². The van der Waals surface area contributed by atoms with Crippen LogP contribution >= 0.6 is 11.6 Å². The topological polar surface area (TPSA) is 31.2 Å². The summed E-state index contributed by atoms with van der Waals surface area (Å²) in [5.74, 6) is -0.398. The normalized spacial score (nSPS) is 11.8. The number of esters is 1. The van der Waals surface area contributed by atoms with Crippen molar-refractivity contribution in [2.75, 3.05) is 7.11 Å². The third-order valence-electron chi connectivity index (χ3n) is 2.92. The number of fused-ring (bicyclic) bond motifs is 1. The number of carbonyl (C=O) groups excluding carboxylic acids is 1. The van der Waals surface area contributed by atoms with Gasteiger partial charge in [0.2, 0.25) is 0 Å². The van der Waals surface area contributed by atoms with Gasteiger partial charge in [-0.3, -0.25) is 0 Å². The lowest BCUT2D eigenvalue weighted by molar-refractivity contribution is 0.0587. The van der Waals surface area contributed by atoms with Crippen molar-refractivity contribution in [1.82, 2.24) is 4.57 Å². The van der Waals surface area contributed by atoms with E-state index in [1.165, 1.54) is 7.11 Å². The van der Waals surface area contributed by atoms with Gasteiger partial charge in [0, 0.05) is 11.9 Å². The lowest BCUT2D eigenvalue weighted by atomic mass is 9.96. The first-order chi connectivity index (χ1) is 8.85. The van der Waals surface area contributed by atoms with Crippen LogP contribution in [-0.2, 0) is 11.3 Å². The van der Waals surface area contributed by atoms with Crippen molar-refractivity contribution in [2.24, 2.45) is 5.41 Å². The summed E-state index contributed by atoms with van der Waals surface area (Å²) >= 11 is 6.34. The number of aromatic nitrogens is 1. The van der Waals surface area contributed by atoms with Crippen LogP contribution in [0.5, 0.6) is 0 Å². The van der Waals surface area contributed by atoms with Crippen LogP contribution in [0.3, 0.4) is 0 Å². The standard InChI is InChI=1S/C15H18ClNO2/c1-15(2,3)9-17-11-8-6-5-7-10(11)12(16)13(17)14(18)19-4/h5-8H,9H2,1-4H3. The van der Waals surface area contributed by atoms with Crippen molar-refractivity contribution in [3.8, 4) is 0 Å². The first kappa shape index (κ1) is 13.9. The Morgan fingerprint density at radius 3 is 2.53 bits per heavy atom. The van der Waals surface area contributed by atoms with E-state index in [0.29, 0.717) is 17.3 Å². The summed E-state index contributed by atoms with van der Waals surface area (Å²) in [5.41, 5.74) is 1.43. The Labute approximate surface area is 118 Å². The molecule has 2 aromatic rings. The zero-order valence-electron chi connectivity index (χ0n) is 11.7. The number of rotatable bonds is 2. The number of nitrogens with zero attached hydrogens (tertiary/aromatic N) is 1. The molecular weight excluding hydrogens is 262 g/mol. The molecular formula is C15H18ClNO2. The van der Waals surface area contributed by atoms with Crippen molar-refractivity contribution in [2.45, 2.75) is 27.3 Å². The molecule has 0 aliphatic rings. The van der Waals surface area contributed by atoms with E-state index in [2.05, 4.69) is 20.8 Å². The van der Waals surface area contributed by atoms with Gasteiger partial charge in [0.05, 0.1) is 17.6 Å². The molecule has 1 aromatic heterocycles. The predicted octanol–water partition coefficient (Wildman–Crippen LogP) is 4.13. The van der Waals surface area contributed by atoms with Crippen molar-refractivity contribution < 1.29 is 9.53 Å². The molecule has 0 N–H and O–H groups in total. The number of halogens is 1. The van der Waals surface area contributed by atoms with Gasteiger partial charge in [-0.1, -0.05) is 50.6 Å². The molecule has 0 amide bonds. The van der Waals surface area contributed by atoms with E-state index in [4.69, 9.17) is 16.3 Å². The van der Waals surface area contributed by atoms with Crippen molar-refractivity contribution in [1.29, 1.82) is 0 Å². The molecule has 0 aliphatic carbocycles. The van der Waals surface area contributed by atoms with Crippen LogP contribution < -0.4 is 0 Å². The van der Waals surface area contributed by atoms with E-state index in [1.807, 2.05) is 28.8 Å². The highest BCUT2D eigenvalue weighted by molar-refractivity contribution is 6.38. The molecule has 19 heavy (non-hydrogen) atoms. The van der Waals surface area contributed by atoms with Gasteiger partial charge in [-0.15, -0.1) is 0 Å². The first-order valence-electron chi connectivity index (χ1n) is 6.20. The van der Waals surface area contributed by atoms with Gasteiger partial charge in [-0.05, 0) is 11.5 Å². The summed E-state index contributed by atoms with van der Waals surface area (Å²) in [4.78, 5) is 12.0. The molecule has 1 heterocycles. The van der Waals surface area contributed by atoms with E-state index in [1.54, 1.807) is 0 Å². The molecule has 0 fully saturated rings. The second-order valence-corrected chi connectivity index (χ2v) is 6.20. The average molecular weight is 280 g/mol. The summed E-state index contributed by atoms with van der Waals surface area (Å²) in [6, 6.07) is 7.75. The van der Waals surface area contributed by atoms with Crippen molar-refractivity contribution in [3.63, 3.8) is 0 Å². The minimum atomic E-state index is -0.398. The SMILES string of the molecule is COC(=O)c1c(Cl)c2ccccc2n1CC(C)(C)C. The zero-order valence-corrected chi connectivity index (χ0v) is 12.4. The van der Waals surface area contributed by atoms with E-state index < -0.39 is 5.97 Å². The summed E-state index contributed by atoms with van der Waals surface area (Å²) in [7, 11) is 1.37. The minimum absolute atomic E-state index is 0.0356. The van der Waals surface area contributed by atoms with Crippen LogP contribution in [0.25, 0.3) is 10.9 Å². The number of para-hydroxylation sites is 1. The smallest absolute Gasteiger partial charge is 0.356 e. The third-order valence-corrected chi connectivity index (χ3v) is 3.30. The van der Waals surface area contributed by atoms with E-state index in [9.17, 15) is 4.79 Å². The Balaban J connectivity index is 2.73. The fourth-order valence-corrected chi connectivity index (χ4v) is 2.54. The Bertz CT molecular complexity index is 623. The molecule has 102 valence electrons. The summed E-state index contributed by atoms with van der Waals surface area (Å²) in [6.45, 7) is 7.06. The molecule has 0 aliphatic heterocycles. The quantitative estimate of drug-likeness (QED) is 0.774. The molecule has 0 saturated heterocycles. The lowest BCUT2D eigenvalue weighted by Crippen LogP contribution is -2.20. The van der Waals surface area contributed by atoms with E-state index in [-0.39, 0.29) is 5.41 Å². The summed E-state index contributed by atoms with van der Waals surface area (Å²) in [5, 5.41) is 1.35. The Morgan fingerprint density at radius 2 is 1.95 bits per heavy atom. The Hall–Kier alpha value is -1.48. The second kappa shape index (κ2) is 4.89. The second-order valence-electron chi connectivity index (χ2n) is 5.82. The molecule has 0 saturated carbocycles. The van der Waals surface area contributed by atoms with Gasteiger partial charge in [0.15, 0.2) is 0 Å². The highest BCUT2D eigenvalue weighted by Crippen LogP contribution is 2.33. The molecule has 2 rings (SSSR count). The van der Waals surface area contributed by atoms with Crippen LogP contribution in [0.2, 0.25) is 5.02 Å². The molecule has 0 spiro atoms. The maximum Gasteiger partial charge on any atom is 0.356 e. The first-order valence-corrected chi connectivity index (χ1v) is 6.58. The van der Waals surface area contributed by atoms with Crippen LogP contribution in [0.15, 0.2) is 24.3 Å². The number of hydrogen-bond acceptors (Lipinski definition) is 2. The highest BCUT2D eigenvalue weighted by Gasteiger charge is 2.24. The van der Waals surface area contributed by atoms with Crippen molar-refractivity contribution >= 4 is 28.5 Å². The maximum absolute atomic E-state index is 12.0. The van der Waals surface area contributed by atoms with Crippen LogP contribution in [0, 0.1) is 5.41 Å². The number of ether oxygens (including phenoxy) is 1. The molecule has 0 radical (unpaired) electrons. The number of carbonyl (C=O) groups is 1. The largest absolute Gasteiger partial charge is 0.464 e. The van der Waals surface area contributed by atoms with Crippen LogP contribution in [0.1, 0.15) is 31.3 Å². The van der Waals surface area contributed by atoms with Crippen LogP contribution in [-0.4, -0.2) is 17.6 Å². The predicted molar refractivity (Wildman–Crippen MR) is 77.7 cm³/mol. The Kier molecular flexibility index (Phi) is 3.59.